The van der Waals surface area contributed by atoms with Crippen LogP contribution in [-0.4, -0.2) is 0 Å². The van der Waals surface area contributed by atoms with Crippen LogP contribution in [0.1, 0.15) is 11.5 Å². The zero-order valence-corrected chi connectivity index (χ0v) is 13.0. The summed E-state index contributed by atoms with van der Waals surface area (Å²) in [6, 6.07) is 31.7. The molecule has 0 atom stereocenters. The number of nitriles is 2. The van der Waals surface area contributed by atoms with Gasteiger partial charge in [-0.15, -0.1) is 0 Å². The molecular formula is C21H15N3. The summed E-state index contributed by atoms with van der Waals surface area (Å²) < 4.78 is 0. The Morgan fingerprint density at radius 3 is 1.42 bits per heavy atom. The third-order valence-corrected chi connectivity index (χ3v) is 3.77. The molecule has 3 nitrogen and oxygen atoms in total. The predicted octanol–water partition coefficient (Wildman–Crippen LogP) is 5.29. The highest BCUT2D eigenvalue weighted by atomic mass is 15.1. The van der Waals surface area contributed by atoms with E-state index in [9.17, 15) is 0 Å². The number of rotatable bonds is 4. The fourth-order valence-corrected chi connectivity index (χ4v) is 2.60. The summed E-state index contributed by atoms with van der Waals surface area (Å²) in [7, 11) is 0. The molecule has 114 valence electrons. The van der Waals surface area contributed by atoms with E-state index >= 15 is 0 Å². The topological polar surface area (TPSA) is 50.8 Å². The summed E-state index contributed by atoms with van der Waals surface area (Å²) in [6.45, 7) is 0. The molecule has 0 heterocycles. The van der Waals surface area contributed by atoms with Gasteiger partial charge in [0.1, 0.15) is 0 Å². The average molecular weight is 309 g/mol. The van der Waals surface area contributed by atoms with Crippen LogP contribution in [0.2, 0.25) is 0 Å². The smallest absolute Gasteiger partial charge is 0.158 e. The van der Waals surface area contributed by atoms with Crippen molar-refractivity contribution in [2.45, 2.75) is 5.92 Å². The van der Waals surface area contributed by atoms with Gasteiger partial charge in [0.05, 0.1) is 12.1 Å². The first kappa shape index (κ1) is 15.3. The number of para-hydroxylation sites is 2. The SMILES string of the molecule is N#CC(C#N)c1ccc(N(c2ccccc2)c2ccccc2)cc1. The molecule has 0 saturated carbocycles. The molecule has 0 aliphatic heterocycles. The molecular weight excluding hydrogens is 294 g/mol. The summed E-state index contributed by atoms with van der Waals surface area (Å²) in [5.41, 5.74) is 3.79. The molecule has 0 aliphatic rings. The maximum atomic E-state index is 9.03. The second-order valence-corrected chi connectivity index (χ2v) is 5.29. The lowest BCUT2D eigenvalue weighted by Crippen LogP contribution is -2.09. The summed E-state index contributed by atoms with van der Waals surface area (Å²) in [5, 5.41) is 18.1. The first-order valence-corrected chi connectivity index (χ1v) is 7.63. The standard InChI is InChI=1S/C21H15N3/c22-15-18(16-23)17-11-13-21(14-12-17)24(19-7-3-1-4-8-19)20-9-5-2-6-10-20/h1-14,18H. The van der Waals surface area contributed by atoms with E-state index in [-0.39, 0.29) is 0 Å². The van der Waals surface area contributed by atoms with Crippen LogP contribution in [0, 0.1) is 22.7 Å². The van der Waals surface area contributed by atoms with Crippen molar-refractivity contribution < 1.29 is 0 Å². The Bertz CT molecular complexity index is 819. The lowest BCUT2D eigenvalue weighted by Gasteiger charge is -2.25. The molecule has 0 N–H and O–H groups in total. The van der Waals surface area contributed by atoms with E-state index in [1.165, 1.54) is 0 Å². The minimum Gasteiger partial charge on any atom is -0.311 e. The zero-order valence-electron chi connectivity index (χ0n) is 13.0. The lowest BCUT2D eigenvalue weighted by molar-refractivity contribution is 1.10. The van der Waals surface area contributed by atoms with Gasteiger partial charge in [0.2, 0.25) is 0 Å². The van der Waals surface area contributed by atoms with Gasteiger partial charge in [0.15, 0.2) is 5.92 Å². The van der Waals surface area contributed by atoms with Gasteiger partial charge in [-0.25, -0.2) is 0 Å². The first-order chi connectivity index (χ1) is 11.8. The number of nitrogens with zero attached hydrogens (tertiary/aromatic N) is 3. The van der Waals surface area contributed by atoms with Crippen LogP contribution in [0.4, 0.5) is 17.1 Å². The monoisotopic (exact) mass is 309 g/mol. The summed E-state index contributed by atoms with van der Waals surface area (Å²) in [5.74, 6) is -0.735. The number of hydrogen-bond donors (Lipinski definition) is 0. The van der Waals surface area contributed by atoms with Crippen LogP contribution < -0.4 is 4.90 Å². The van der Waals surface area contributed by atoms with Gasteiger partial charge in [-0.1, -0.05) is 48.5 Å². The molecule has 0 amide bonds. The molecule has 3 aromatic rings. The highest BCUT2D eigenvalue weighted by Crippen LogP contribution is 2.34. The summed E-state index contributed by atoms with van der Waals surface area (Å²) in [6.07, 6.45) is 0. The van der Waals surface area contributed by atoms with Gasteiger partial charge < -0.3 is 4.90 Å². The van der Waals surface area contributed by atoms with Crippen molar-refractivity contribution in [3.8, 4) is 12.1 Å². The van der Waals surface area contributed by atoms with Crippen molar-refractivity contribution in [2.24, 2.45) is 0 Å². The number of hydrogen-bond acceptors (Lipinski definition) is 3. The van der Waals surface area contributed by atoms with Crippen molar-refractivity contribution in [2.75, 3.05) is 4.90 Å². The molecule has 24 heavy (non-hydrogen) atoms. The number of benzene rings is 3. The van der Waals surface area contributed by atoms with E-state index in [1.54, 1.807) is 0 Å². The summed E-state index contributed by atoms with van der Waals surface area (Å²) >= 11 is 0. The van der Waals surface area contributed by atoms with Gasteiger partial charge in [-0.3, -0.25) is 0 Å². The lowest BCUT2D eigenvalue weighted by atomic mass is 10.0. The van der Waals surface area contributed by atoms with Crippen molar-refractivity contribution in [1.29, 1.82) is 10.5 Å². The van der Waals surface area contributed by atoms with Gasteiger partial charge in [-0.05, 0) is 42.0 Å². The predicted molar refractivity (Wildman–Crippen MR) is 95.1 cm³/mol. The van der Waals surface area contributed by atoms with Crippen LogP contribution in [0.15, 0.2) is 84.9 Å². The Hall–Kier alpha value is -3.56. The highest BCUT2D eigenvalue weighted by Gasteiger charge is 2.13. The highest BCUT2D eigenvalue weighted by molar-refractivity contribution is 5.76. The minimum atomic E-state index is -0.735. The van der Waals surface area contributed by atoms with Crippen LogP contribution in [0.25, 0.3) is 0 Å². The molecule has 0 aliphatic carbocycles. The van der Waals surface area contributed by atoms with E-state index in [4.69, 9.17) is 10.5 Å². The number of anilines is 3. The van der Waals surface area contributed by atoms with Crippen molar-refractivity contribution in [1.82, 2.24) is 0 Å². The molecule has 0 radical (unpaired) electrons. The summed E-state index contributed by atoms with van der Waals surface area (Å²) in [4.78, 5) is 2.14. The van der Waals surface area contributed by atoms with Crippen LogP contribution >= 0.6 is 0 Å². The Morgan fingerprint density at radius 2 is 1.00 bits per heavy atom. The molecule has 0 spiro atoms. The van der Waals surface area contributed by atoms with Crippen molar-refractivity contribution in [3.63, 3.8) is 0 Å². The normalized spacial score (nSPS) is 9.96. The molecule has 0 aromatic heterocycles. The molecule has 0 unspecified atom stereocenters. The quantitative estimate of drug-likeness (QED) is 0.658. The van der Waals surface area contributed by atoms with Crippen molar-refractivity contribution >= 4 is 17.1 Å². The molecule has 0 saturated heterocycles. The van der Waals surface area contributed by atoms with E-state index in [2.05, 4.69) is 4.90 Å². The minimum absolute atomic E-state index is 0.713. The Morgan fingerprint density at radius 1 is 0.583 bits per heavy atom. The Balaban J connectivity index is 2.04. The average Bonchev–Trinajstić information content (AvgIpc) is 2.66. The first-order valence-electron chi connectivity index (χ1n) is 7.63. The fourth-order valence-electron chi connectivity index (χ4n) is 2.60. The maximum absolute atomic E-state index is 9.03. The van der Waals surface area contributed by atoms with E-state index in [0.717, 1.165) is 17.1 Å². The van der Waals surface area contributed by atoms with E-state index in [1.807, 2.05) is 97.1 Å². The Kier molecular flexibility index (Phi) is 4.56. The van der Waals surface area contributed by atoms with E-state index in [0.29, 0.717) is 5.56 Å². The largest absolute Gasteiger partial charge is 0.311 e. The van der Waals surface area contributed by atoms with Crippen LogP contribution in [-0.2, 0) is 0 Å². The van der Waals surface area contributed by atoms with E-state index < -0.39 is 5.92 Å². The molecule has 3 aromatic carbocycles. The van der Waals surface area contributed by atoms with Gasteiger partial charge >= 0.3 is 0 Å². The Labute approximate surface area is 141 Å². The molecule has 3 rings (SSSR count). The zero-order chi connectivity index (χ0) is 16.8. The van der Waals surface area contributed by atoms with Gasteiger partial charge in [0.25, 0.3) is 0 Å². The molecule has 0 bridgehead atoms. The third kappa shape index (κ3) is 3.11. The van der Waals surface area contributed by atoms with Crippen LogP contribution in [0.5, 0.6) is 0 Å². The molecule has 3 heteroatoms. The van der Waals surface area contributed by atoms with Gasteiger partial charge in [-0.2, -0.15) is 10.5 Å². The maximum Gasteiger partial charge on any atom is 0.158 e. The molecule has 0 fully saturated rings. The second-order valence-electron chi connectivity index (χ2n) is 5.29. The second kappa shape index (κ2) is 7.13. The van der Waals surface area contributed by atoms with Crippen molar-refractivity contribution in [3.05, 3.63) is 90.5 Å². The third-order valence-electron chi connectivity index (χ3n) is 3.77. The van der Waals surface area contributed by atoms with Crippen LogP contribution in [0.3, 0.4) is 0 Å². The fraction of sp³-hybridized carbons (Fsp3) is 0.0476. The van der Waals surface area contributed by atoms with Gasteiger partial charge in [0, 0.05) is 17.1 Å².